The summed E-state index contributed by atoms with van der Waals surface area (Å²) >= 11 is 6.04. The van der Waals surface area contributed by atoms with Crippen LogP contribution in [0.5, 0.6) is 0 Å². The molecule has 92 valence electrons. The van der Waals surface area contributed by atoms with Gasteiger partial charge in [0, 0.05) is 7.11 Å². The van der Waals surface area contributed by atoms with E-state index in [0.29, 0.717) is 18.2 Å². The number of methoxy groups -OCH3 is 1. The highest BCUT2D eigenvalue weighted by atomic mass is 35.5. The minimum absolute atomic E-state index is 0.262. The van der Waals surface area contributed by atoms with E-state index in [1.807, 2.05) is 11.6 Å². The van der Waals surface area contributed by atoms with Crippen LogP contribution in [0.25, 0.3) is 0 Å². The van der Waals surface area contributed by atoms with Gasteiger partial charge in [-0.2, -0.15) is 5.10 Å². The SMILES string of the molecule is CCC(O)CCc1c(Cl)cnn1CCOC. The van der Waals surface area contributed by atoms with Gasteiger partial charge >= 0.3 is 0 Å². The first-order chi connectivity index (χ1) is 7.69. The summed E-state index contributed by atoms with van der Waals surface area (Å²) < 4.78 is 6.84. The summed E-state index contributed by atoms with van der Waals surface area (Å²) in [5.74, 6) is 0. The molecule has 0 saturated heterocycles. The summed E-state index contributed by atoms with van der Waals surface area (Å²) in [5.41, 5.74) is 0.978. The van der Waals surface area contributed by atoms with Gasteiger partial charge in [0.2, 0.25) is 0 Å². The fourth-order valence-corrected chi connectivity index (χ4v) is 1.75. The van der Waals surface area contributed by atoms with E-state index >= 15 is 0 Å². The lowest BCUT2D eigenvalue weighted by atomic mass is 10.1. The molecule has 0 aliphatic heterocycles. The molecule has 1 aromatic rings. The van der Waals surface area contributed by atoms with Crippen molar-refractivity contribution in [1.82, 2.24) is 9.78 Å². The number of nitrogens with zero attached hydrogens (tertiary/aromatic N) is 2. The second kappa shape index (κ2) is 6.89. The van der Waals surface area contributed by atoms with Gasteiger partial charge in [0.05, 0.1) is 36.2 Å². The van der Waals surface area contributed by atoms with E-state index < -0.39 is 0 Å². The van der Waals surface area contributed by atoms with Crippen LogP contribution in [-0.4, -0.2) is 34.7 Å². The second-order valence-electron chi connectivity index (χ2n) is 3.76. The molecule has 0 aliphatic carbocycles. The molecule has 1 aromatic heterocycles. The predicted molar refractivity (Wildman–Crippen MR) is 63.7 cm³/mol. The Morgan fingerprint density at radius 3 is 3.00 bits per heavy atom. The standard InChI is InChI=1S/C11H19ClN2O2/c1-3-9(15)4-5-11-10(12)8-13-14(11)6-7-16-2/h8-9,15H,3-7H2,1-2H3. The third-order valence-electron chi connectivity index (χ3n) is 2.59. The maximum atomic E-state index is 9.52. The Kier molecular flexibility index (Phi) is 5.80. The molecule has 0 amide bonds. The predicted octanol–water partition coefficient (Wildman–Crippen LogP) is 1.89. The second-order valence-corrected chi connectivity index (χ2v) is 4.16. The number of aliphatic hydroxyl groups excluding tert-OH is 1. The first-order valence-corrected chi connectivity index (χ1v) is 5.94. The zero-order valence-electron chi connectivity index (χ0n) is 9.82. The van der Waals surface area contributed by atoms with Crippen LogP contribution >= 0.6 is 11.6 Å². The van der Waals surface area contributed by atoms with E-state index in [4.69, 9.17) is 16.3 Å². The average molecular weight is 247 g/mol. The van der Waals surface area contributed by atoms with E-state index in [2.05, 4.69) is 5.10 Å². The van der Waals surface area contributed by atoms with Crippen LogP contribution in [0.1, 0.15) is 25.5 Å². The molecule has 0 spiro atoms. The van der Waals surface area contributed by atoms with Crippen molar-refractivity contribution in [3.63, 3.8) is 0 Å². The first kappa shape index (κ1) is 13.5. The monoisotopic (exact) mass is 246 g/mol. The highest BCUT2D eigenvalue weighted by Crippen LogP contribution is 2.18. The van der Waals surface area contributed by atoms with Gasteiger partial charge in [-0.15, -0.1) is 0 Å². The largest absolute Gasteiger partial charge is 0.393 e. The van der Waals surface area contributed by atoms with Crippen molar-refractivity contribution >= 4 is 11.6 Å². The van der Waals surface area contributed by atoms with Crippen molar-refractivity contribution in [1.29, 1.82) is 0 Å². The number of hydrogen-bond acceptors (Lipinski definition) is 3. The van der Waals surface area contributed by atoms with Gasteiger partial charge in [-0.1, -0.05) is 18.5 Å². The maximum Gasteiger partial charge on any atom is 0.0817 e. The molecule has 4 nitrogen and oxygen atoms in total. The number of rotatable bonds is 7. The van der Waals surface area contributed by atoms with Crippen LogP contribution < -0.4 is 0 Å². The lowest BCUT2D eigenvalue weighted by molar-refractivity contribution is 0.158. The fraction of sp³-hybridized carbons (Fsp3) is 0.727. The zero-order valence-corrected chi connectivity index (χ0v) is 10.6. The highest BCUT2D eigenvalue weighted by molar-refractivity contribution is 6.31. The van der Waals surface area contributed by atoms with Crippen LogP contribution in [-0.2, 0) is 17.7 Å². The summed E-state index contributed by atoms with van der Waals surface area (Å²) in [6.07, 6.45) is 3.61. The molecular weight excluding hydrogens is 228 g/mol. The van der Waals surface area contributed by atoms with E-state index in [9.17, 15) is 5.11 Å². The molecular formula is C11H19ClN2O2. The molecule has 0 radical (unpaired) electrons. The van der Waals surface area contributed by atoms with Crippen molar-refractivity contribution in [2.75, 3.05) is 13.7 Å². The van der Waals surface area contributed by atoms with Gasteiger partial charge in [0.15, 0.2) is 0 Å². The summed E-state index contributed by atoms with van der Waals surface area (Å²) in [4.78, 5) is 0. The lowest BCUT2D eigenvalue weighted by Gasteiger charge is -2.10. The van der Waals surface area contributed by atoms with Crippen LogP contribution in [0.3, 0.4) is 0 Å². The van der Waals surface area contributed by atoms with Gasteiger partial charge in [-0.3, -0.25) is 4.68 Å². The van der Waals surface area contributed by atoms with Crippen molar-refractivity contribution in [2.45, 2.75) is 38.8 Å². The average Bonchev–Trinajstić information content (AvgIpc) is 2.64. The molecule has 5 heteroatoms. The van der Waals surface area contributed by atoms with Gasteiger partial charge in [-0.25, -0.2) is 0 Å². The van der Waals surface area contributed by atoms with Crippen LogP contribution in [0.4, 0.5) is 0 Å². The molecule has 1 rings (SSSR count). The summed E-state index contributed by atoms with van der Waals surface area (Å²) in [7, 11) is 1.66. The first-order valence-electron chi connectivity index (χ1n) is 5.56. The third-order valence-corrected chi connectivity index (χ3v) is 2.91. The van der Waals surface area contributed by atoms with Gasteiger partial charge < -0.3 is 9.84 Å². The van der Waals surface area contributed by atoms with E-state index in [1.54, 1.807) is 13.3 Å². The van der Waals surface area contributed by atoms with E-state index in [1.165, 1.54) is 0 Å². The van der Waals surface area contributed by atoms with Crippen molar-refractivity contribution in [3.05, 3.63) is 16.9 Å². The summed E-state index contributed by atoms with van der Waals surface area (Å²) in [6, 6.07) is 0. The maximum absolute atomic E-state index is 9.52. The summed E-state index contributed by atoms with van der Waals surface area (Å²) in [5, 5.41) is 14.4. The highest BCUT2D eigenvalue weighted by Gasteiger charge is 2.10. The molecule has 1 atom stereocenters. The van der Waals surface area contributed by atoms with E-state index in [-0.39, 0.29) is 6.10 Å². The molecule has 1 heterocycles. The topological polar surface area (TPSA) is 47.3 Å². The lowest BCUT2D eigenvalue weighted by Crippen LogP contribution is -2.12. The Hall–Kier alpha value is -0.580. The molecule has 0 aromatic carbocycles. The molecule has 0 aliphatic rings. The Bertz CT molecular complexity index is 315. The van der Waals surface area contributed by atoms with Crippen LogP contribution in [0.15, 0.2) is 6.20 Å². The minimum Gasteiger partial charge on any atom is -0.393 e. The molecule has 1 N–H and O–H groups in total. The van der Waals surface area contributed by atoms with Crippen LogP contribution in [0, 0.1) is 0 Å². The number of aromatic nitrogens is 2. The molecule has 0 saturated carbocycles. The number of ether oxygens (including phenoxy) is 1. The quantitative estimate of drug-likeness (QED) is 0.799. The number of aliphatic hydroxyl groups is 1. The Morgan fingerprint density at radius 1 is 1.62 bits per heavy atom. The van der Waals surface area contributed by atoms with Gasteiger partial charge in [-0.05, 0) is 19.3 Å². The fourth-order valence-electron chi connectivity index (χ4n) is 1.51. The molecule has 0 bridgehead atoms. The molecule has 0 fully saturated rings. The molecule has 16 heavy (non-hydrogen) atoms. The van der Waals surface area contributed by atoms with Crippen molar-refractivity contribution in [3.8, 4) is 0 Å². The Balaban J connectivity index is 2.58. The molecule has 1 unspecified atom stereocenters. The smallest absolute Gasteiger partial charge is 0.0817 e. The zero-order chi connectivity index (χ0) is 12.0. The third kappa shape index (κ3) is 3.77. The normalized spacial score (nSPS) is 13.0. The van der Waals surface area contributed by atoms with Gasteiger partial charge in [0.1, 0.15) is 0 Å². The number of hydrogen-bond donors (Lipinski definition) is 1. The Labute approximate surface area is 101 Å². The Morgan fingerprint density at radius 2 is 2.38 bits per heavy atom. The van der Waals surface area contributed by atoms with Crippen molar-refractivity contribution in [2.24, 2.45) is 0 Å². The number of halogens is 1. The van der Waals surface area contributed by atoms with Gasteiger partial charge in [0.25, 0.3) is 0 Å². The summed E-state index contributed by atoms with van der Waals surface area (Å²) in [6.45, 7) is 3.27. The van der Waals surface area contributed by atoms with Crippen LogP contribution in [0.2, 0.25) is 5.02 Å². The van der Waals surface area contributed by atoms with E-state index in [0.717, 1.165) is 25.0 Å². The minimum atomic E-state index is -0.262. The van der Waals surface area contributed by atoms with Crippen molar-refractivity contribution < 1.29 is 9.84 Å².